The summed E-state index contributed by atoms with van der Waals surface area (Å²) in [6.45, 7) is 6.21. The number of nitrogens with zero attached hydrogens (tertiary/aromatic N) is 3. The molecule has 2 aromatic heterocycles. The number of carbonyl (C=O) groups is 1. The van der Waals surface area contributed by atoms with Crippen molar-refractivity contribution >= 4 is 33.3 Å². The van der Waals surface area contributed by atoms with Gasteiger partial charge in [0.05, 0.1) is 15.9 Å². The number of aryl methyl sites for hydroxylation is 3. The summed E-state index contributed by atoms with van der Waals surface area (Å²) < 4.78 is 2.90. The van der Waals surface area contributed by atoms with E-state index in [9.17, 15) is 4.79 Å². The average molecular weight is 388 g/mol. The van der Waals surface area contributed by atoms with Crippen LogP contribution in [0.15, 0.2) is 42.5 Å². The monoisotopic (exact) mass is 388 g/mol. The number of para-hydroxylation sites is 1. The molecule has 1 atom stereocenters. The Labute approximate surface area is 167 Å². The Bertz CT molecular complexity index is 1200. The van der Waals surface area contributed by atoms with Gasteiger partial charge in [-0.1, -0.05) is 47.2 Å². The first-order valence-electron chi connectivity index (χ1n) is 9.33. The minimum Gasteiger partial charge on any atom is -0.310 e. The third-order valence-electron chi connectivity index (χ3n) is 5.37. The molecule has 0 saturated carbocycles. The maximum absolute atomic E-state index is 12.6. The highest BCUT2D eigenvalue weighted by Crippen LogP contribution is 2.42. The maximum atomic E-state index is 12.6. The highest BCUT2D eigenvalue weighted by atomic mass is 32.1. The Morgan fingerprint density at radius 2 is 1.96 bits per heavy atom. The van der Waals surface area contributed by atoms with Gasteiger partial charge in [0.25, 0.3) is 0 Å². The van der Waals surface area contributed by atoms with E-state index in [0.29, 0.717) is 6.42 Å². The summed E-state index contributed by atoms with van der Waals surface area (Å²) in [5.74, 6) is 0.769. The van der Waals surface area contributed by atoms with Gasteiger partial charge in [0.15, 0.2) is 0 Å². The van der Waals surface area contributed by atoms with Gasteiger partial charge in [-0.2, -0.15) is 9.78 Å². The summed E-state index contributed by atoms with van der Waals surface area (Å²) in [5.41, 5.74) is 6.58. The molecule has 0 aliphatic carbocycles. The van der Waals surface area contributed by atoms with Gasteiger partial charge >= 0.3 is 0 Å². The number of benzene rings is 2. The molecule has 0 spiro atoms. The third-order valence-corrected chi connectivity index (χ3v) is 6.38. The zero-order valence-corrected chi connectivity index (χ0v) is 16.8. The minimum absolute atomic E-state index is 0.00692. The number of aromatic nitrogens is 3. The van der Waals surface area contributed by atoms with E-state index >= 15 is 0 Å². The van der Waals surface area contributed by atoms with Crippen molar-refractivity contribution in [1.82, 2.24) is 14.8 Å². The first-order valence-corrected chi connectivity index (χ1v) is 10.2. The van der Waals surface area contributed by atoms with E-state index in [2.05, 4.69) is 43.4 Å². The topological polar surface area (TPSA) is 59.8 Å². The summed E-state index contributed by atoms with van der Waals surface area (Å²) in [7, 11) is 0. The van der Waals surface area contributed by atoms with Crippen LogP contribution in [0.25, 0.3) is 15.3 Å². The van der Waals surface area contributed by atoms with Crippen LogP contribution in [0.3, 0.4) is 0 Å². The number of hydrogen-bond acceptors (Lipinski definition) is 4. The molecular formula is C22H20N4OS. The summed E-state index contributed by atoms with van der Waals surface area (Å²) in [4.78, 5) is 17.3. The molecule has 2 aromatic carbocycles. The van der Waals surface area contributed by atoms with Gasteiger partial charge in [-0.05, 0) is 44.0 Å². The first-order chi connectivity index (χ1) is 13.5. The molecule has 1 aliphatic rings. The first kappa shape index (κ1) is 17.1. The van der Waals surface area contributed by atoms with Crippen molar-refractivity contribution in [2.24, 2.45) is 0 Å². The van der Waals surface area contributed by atoms with Gasteiger partial charge in [-0.25, -0.2) is 4.98 Å². The van der Waals surface area contributed by atoms with Crippen LogP contribution in [-0.4, -0.2) is 20.7 Å². The Morgan fingerprint density at radius 1 is 1.14 bits per heavy atom. The number of anilines is 1. The fraction of sp³-hybridized carbons (Fsp3) is 0.227. The standard InChI is InChI=1S/C22H20N4OS/c1-12-8-9-15(13(2)10-12)16-11-19(27)24-21-20(16)14(3)25-26(21)22-23-17-6-4-5-7-18(17)28-22/h4-10,16H,11H2,1-3H3,(H,24,27). The summed E-state index contributed by atoms with van der Waals surface area (Å²) >= 11 is 1.58. The van der Waals surface area contributed by atoms with Gasteiger partial charge in [0.1, 0.15) is 5.82 Å². The van der Waals surface area contributed by atoms with E-state index in [1.165, 1.54) is 16.7 Å². The molecule has 1 amide bonds. The van der Waals surface area contributed by atoms with Gasteiger partial charge < -0.3 is 5.32 Å². The molecule has 5 rings (SSSR count). The molecule has 28 heavy (non-hydrogen) atoms. The number of nitrogens with one attached hydrogen (secondary N) is 1. The molecule has 0 fully saturated rings. The average Bonchev–Trinajstić information content (AvgIpc) is 3.22. The molecule has 5 nitrogen and oxygen atoms in total. The molecule has 0 bridgehead atoms. The van der Waals surface area contributed by atoms with Gasteiger partial charge in [-0.15, -0.1) is 0 Å². The summed E-state index contributed by atoms with van der Waals surface area (Å²) in [6, 6.07) is 14.5. The van der Waals surface area contributed by atoms with Crippen LogP contribution in [0.5, 0.6) is 0 Å². The van der Waals surface area contributed by atoms with Crippen LogP contribution >= 0.6 is 11.3 Å². The van der Waals surface area contributed by atoms with Crippen molar-refractivity contribution in [1.29, 1.82) is 0 Å². The number of hydrogen-bond donors (Lipinski definition) is 1. The Hall–Kier alpha value is -2.99. The van der Waals surface area contributed by atoms with Crippen LogP contribution in [0.2, 0.25) is 0 Å². The van der Waals surface area contributed by atoms with Crippen LogP contribution in [0.4, 0.5) is 5.82 Å². The summed E-state index contributed by atoms with van der Waals surface area (Å²) in [6.07, 6.45) is 0.434. The fourth-order valence-electron chi connectivity index (χ4n) is 4.12. The highest BCUT2D eigenvalue weighted by molar-refractivity contribution is 7.20. The van der Waals surface area contributed by atoms with Crippen molar-refractivity contribution in [2.45, 2.75) is 33.1 Å². The van der Waals surface area contributed by atoms with Crippen molar-refractivity contribution in [3.8, 4) is 5.13 Å². The normalized spacial score (nSPS) is 16.2. The lowest BCUT2D eigenvalue weighted by Crippen LogP contribution is -2.25. The van der Waals surface area contributed by atoms with Crippen molar-refractivity contribution in [2.75, 3.05) is 5.32 Å². The van der Waals surface area contributed by atoms with Crippen LogP contribution in [0.1, 0.15) is 40.3 Å². The Balaban J connectivity index is 1.69. The molecule has 0 radical (unpaired) electrons. The Morgan fingerprint density at radius 3 is 2.75 bits per heavy atom. The molecule has 1 aliphatic heterocycles. The van der Waals surface area contributed by atoms with E-state index in [4.69, 9.17) is 10.1 Å². The van der Waals surface area contributed by atoms with Crippen molar-refractivity contribution < 1.29 is 4.79 Å². The quantitative estimate of drug-likeness (QED) is 0.532. The Kier molecular flexibility index (Phi) is 3.84. The van der Waals surface area contributed by atoms with E-state index in [1.54, 1.807) is 16.0 Å². The lowest BCUT2D eigenvalue weighted by Gasteiger charge is -2.25. The smallest absolute Gasteiger partial charge is 0.226 e. The molecule has 6 heteroatoms. The van der Waals surface area contributed by atoms with Gasteiger partial charge in [0, 0.05) is 17.9 Å². The number of rotatable bonds is 2. The highest BCUT2D eigenvalue weighted by Gasteiger charge is 2.33. The van der Waals surface area contributed by atoms with Gasteiger partial charge in [-0.3, -0.25) is 4.79 Å². The lowest BCUT2D eigenvalue weighted by atomic mass is 9.83. The molecular weight excluding hydrogens is 368 g/mol. The molecule has 0 saturated heterocycles. The molecule has 140 valence electrons. The second-order valence-electron chi connectivity index (χ2n) is 7.39. The van der Waals surface area contributed by atoms with E-state index in [1.807, 2.05) is 25.1 Å². The van der Waals surface area contributed by atoms with E-state index in [-0.39, 0.29) is 11.8 Å². The third kappa shape index (κ3) is 2.64. The number of amides is 1. The largest absolute Gasteiger partial charge is 0.310 e. The predicted octanol–water partition coefficient (Wildman–Crippen LogP) is 4.88. The molecule has 4 aromatic rings. The second kappa shape index (κ2) is 6.27. The van der Waals surface area contributed by atoms with E-state index in [0.717, 1.165) is 32.4 Å². The predicted molar refractivity (Wildman–Crippen MR) is 112 cm³/mol. The number of fused-ring (bicyclic) bond motifs is 2. The molecule has 1 unspecified atom stereocenters. The maximum Gasteiger partial charge on any atom is 0.226 e. The van der Waals surface area contributed by atoms with Crippen molar-refractivity contribution in [3.05, 3.63) is 70.4 Å². The molecule has 3 heterocycles. The minimum atomic E-state index is 0.00692. The lowest BCUT2D eigenvalue weighted by molar-refractivity contribution is -0.116. The van der Waals surface area contributed by atoms with Crippen LogP contribution in [0, 0.1) is 20.8 Å². The second-order valence-corrected chi connectivity index (χ2v) is 8.40. The van der Waals surface area contributed by atoms with Crippen LogP contribution in [-0.2, 0) is 4.79 Å². The number of carbonyl (C=O) groups excluding carboxylic acids is 1. The fourth-order valence-corrected chi connectivity index (χ4v) is 5.04. The SMILES string of the molecule is Cc1ccc(C2CC(=O)Nc3c2c(C)nn3-c2nc3ccccc3s2)c(C)c1. The van der Waals surface area contributed by atoms with Crippen LogP contribution < -0.4 is 5.32 Å². The molecule has 1 N–H and O–H groups in total. The zero-order valence-electron chi connectivity index (χ0n) is 16.0. The number of thiazole rings is 1. The zero-order chi connectivity index (χ0) is 19.4. The summed E-state index contributed by atoms with van der Waals surface area (Å²) in [5, 5.41) is 8.59. The van der Waals surface area contributed by atoms with Crippen molar-refractivity contribution in [3.63, 3.8) is 0 Å². The van der Waals surface area contributed by atoms with E-state index < -0.39 is 0 Å². The van der Waals surface area contributed by atoms with Gasteiger partial charge in [0.2, 0.25) is 11.0 Å².